The lowest BCUT2D eigenvalue weighted by Crippen LogP contribution is -2.07. The van der Waals surface area contributed by atoms with Gasteiger partial charge in [0, 0.05) is 6.42 Å². The van der Waals surface area contributed by atoms with Gasteiger partial charge in [-0.1, -0.05) is 103 Å². The fraction of sp³-hybridized carbons (Fsp3) is 0.720. The van der Waals surface area contributed by atoms with Gasteiger partial charge >= 0.3 is 5.97 Å². The van der Waals surface area contributed by atoms with E-state index in [1.807, 2.05) is 0 Å². The Labute approximate surface area is 190 Å². The molecule has 32 heavy (non-hydrogen) atoms. The van der Waals surface area contributed by atoms with Gasteiger partial charge in [-0.2, -0.15) is 4.39 Å². The molecule has 0 fully saturated rings. The molecule has 0 amide bonds. The average molecular weight is 467 g/mol. The summed E-state index contributed by atoms with van der Waals surface area (Å²) in [5.74, 6) is -10.7. The van der Waals surface area contributed by atoms with Crippen molar-refractivity contribution in [3.8, 4) is 0 Å². The second-order valence-electron chi connectivity index (χ2n) is 8.08. The van der Waals surface area contributed by atoms with Crippen LogP contribution in [-0.4, -0.2) is 12.6 Å². The second-order valence-corrected chi connectivity index (χ2v) is 8.08. The third-order valence-corrected chi connectivity index (χ3v) is 5.21. The van der Waals surface area contributed by atoms with E-state index in [1.165, 1.54) is 64.2 Å². The summed E-state index contributed by atoms with van der Waals surface area (Å²) in [5, 5.41) is 0. The fourth-order valence-corrected chi connectivity index (χ4v) is 3.30. The number of carbonyl (C=O) groups excluding carboxylic acids is 1. The van der Waals surface area contributed by atoms with Crippen molar-refractivity contribution in [3.63, 3.8) is 0 Å². The Kier molecular flexibility index (Phi) is 18.9. The molecule has 0 radical (unpaired) electrons. The summed E-state index contributed by atoms with van der Waals surface area (Å²) >= 11 is 0. The maximum Gasteiger partial charge on any atom is 0.311 e. The number of esters is 1. The van der Waals surface area contributed by atoms with E-state index in [1.54, 1.807) is 0 Å². The standard InChI is InChI=1S/C25H39F5O2/c1-3-4-5-6-7-8-9-10-11-12-13-14-15-16-17-18-22(31)32-21(19-26)24(29)25(30)23(28)20(2)27/h2-19H2,1H3/b24-21-,25-23-. The van der Waals surface area contributed by atoms with Gasteiger partial charge in [-0.3, -0.25) is 4.79 Å². The third kappa shape index (κ3) is 15.2. The molecule has 0 aliphatic carbocycles. The molecule has 7 heteroatoms. The van der Waals surface area contributed by atoms with Crippen molar-refractivity contribution >= 4 is 5.97 Å². The summed E-state index contributed by atoms with van der Waals surface area (Å²) in [7, 11) is 0. The van der Waals surface area contributed by atoms with Crippen LogP contribution in [0.15, 0.2) is 35.6 Å². The first-order valence-electron chi connectivity index (χ1n) is 11.9. The zero-order valence-electron chi connectivity index (χ0n) is 19.4. The summed E-state index contributed by atoms with van der Waals surface area (Å²) in [6, 6.07) is 0. The monoisotopic (exact) mass is 466 g/mol. The Balaban J connectivity index is 3.84. The molecule has 0 heterocycles. The highest BCUT2D eigenvalue weighted by atomic mass is 19.2. The third-order valence-electron chi connectivity index (χ3n) is 5.21. The van der Waals surface area contributed by atoms with E-state index >= 15 is 0 Å². The Morgan fingerprint density at radius 3 is 1.44 bits per heavy atom. The lowest BCUT2D eigenvalue weighted by atomic mass is 10.0. The predicted octanol–water partition coefficient (Wildman–Crippen LogP) is 9.58. The number of hydrogen-bond acceptors (Lipinski definition) is 2. The Morgan fingerprint density at radius 2 is 1.06 bits per heavy atom. The lowest BCUT2D eigenvalue weighted by molar-refractivity contribution is -0.140. The summed E-state index contributed by atoms with van der Waals surface area (Å²) in [6.45, 7) is 3.03. The van der Waals surface area contributed by atoms with Crippen molar-refractivity contribution in [1.82, 2.24) is 0 Å². The van der Waals surface area contributed by atoms with Crippen molar-refractivity contribution in [2.45, 2.75) is 110 Å². The van der Waals surface area contributed by atoms with Crippen LogP contribution in [-0.2, 0) is 9.53 Å². The Bertz CT molecular complexity index is 599. The number of rotatable bonds is 20. The molecular formula is C25H39F5O2. The topological polar surface area (TPSA) is 26.3 Å². The van der Waals surface area contributed by atoms with Crippen molar-refractivity contribution in [2.24, 2.45) is 0 Å². The van der Waals surface area contributed by atoms with Crippen molar-refractivity contribution in [3.05, 3.63) is 35.6 Å². The van der Waals surface area contributed by atoms with Gasteiger partial charge < -0.3 is 4.74 Å². The molecule has 0 unspecified atom stereocenters. The number of halogens is 5. The lowest BCUT2D eigenvalue weighted by Gasteiger charge is -2.07. The number of hydrogen-bond donors (Lipinski definition) is 0. The number of allylic oxidation sites excluding steroid dienone is 5. The van der Waals surface area contributed by atoms with Gasteiger partial charge in [-0.05, 0) is 6.42 Å². The first-order valence-corrected chi connectivity index (χ1v) is 11.9. The molecule has 0 aliphatic heterocycles. The van der Waals surface area contributed by atoms with Gasteiger partial charge in [-0.15, -0.1) is 0 Å². The highest BCUT2D eigenvalue weighted by Gasteiger charge is 2.22. The van der Waals surface area contributed by atoms with Crippen molar-refractivity contribution < 1.29 is 31.5 Å². The molecule has 0 bridgehead atoms. The quantitative estimate of drug-likeness (QED) is 0.0587. The maximum absolute atomic E-state index is 13.6. The van der Waals surface area contributed by atoms with Crippen LogP contribution in [0, 0.1) is 0 Å². The maximum atomic E-state index is 13.6. The number of ether oxygens (including phenoxy) is 1. The first-order chi connectivity index (χ1) is 15.3. The second kappa shape index (κ2) is 20.0. The van der Waals surface area contributed by atoms with E-state index in [-0.39, 0.29) is 6.42 Å². The molecule has 0 rings (SSSR count). The molecule has 0 saturated heterocycles. The van der Waals surface area contributed by atoms with E-state index in [2.05, 4.69) is 18.2 Å². The van der Waals surface area contributed by atoms with Crippen molar-refractivity contribution in [2.75, 3.05) is 6.67 Å². The minimum atomic E-state index is -2.29. The average Bonchev–Trinajstić information content (AvgIpc) is 2.78. The number of carbonyl (C=O) groups is 1. The molecular weight excluding hydrogens is 427 g/mol. The molecule has 186 valence electrons. The minimum Gasteiger partial charge on any atom is -0.425 e. The van der Waals surface area contributed by atoms with E-state index in [4.69, 9.17) is 0 Å². The fourth-order valence-electron chi connectivity index (χ4n) is 3.30. The predicted molar refractivity (Wildman–Crippen MR) is 119 cm³/mol. The highest BCUT2D eigenvalue weighted by Crippen LogP contribution is 2.27. The molecule has 0 N–H and O–H groups in total. The largest absolute Gasteiger partial charge is 0.425 e. The van der Waals surface area contributed by atoms with Gasteiger partial charge in [-0.25, -0.2) is 17.6 Å². The van der Waals surface area contributed by atoms with Crippen LogP contribution in [0.3, 0.4) is 0 Å². The minimum absolute atomic E-state index is 0.0985. The van der Waals surface area contributed by atoms with Gasteiger partial charge in [0.1, 0.15) is 0 Å². The molecule has 0 spiro atoms. The van der Waals surface area contributed by atoms with Gasteiger partial charge in [0.2, 0.25) is 11.7 Å². The Morgan fingerprint density at radius 1 is 0.656 bits per heavy atom. The van der Waals surface area contributed by atoms with Gasteiger partial charge in [0.25, 0.3) is 0 Å². The molecule has 2 nitrogen and oxygen atoms in total. The molecule has 0 aliphatic rings. The smallest absolute Gasteiger partial charge is 0.311 e. The van der Waals surface area contributed by atoms with Crippen LogP contribution in [0.2, 0.25) is 0 Å². The highest BCUT2D eigenvalue weighted by molar-refractivity contribution is 5.70. The SMILES string of the molecule is C=C(F)/C(F)=C(F)\C(F)=C(/CF)OC(=O)CCCCCCCCCCCCCCCCC. The zero-order valence-corrected chi connectivity index (χ0v) is 19.4. The van der Waals surface area contributed by atoms with Crippen LogP contribution in [0.1, 0.15) is 110 Å². The first kappa shape index (κ1) is 30.3. The van der Waals surface area contributed by atoms with E-state index < -0.39 is 41.7 Å². The van der Waals surface area contributed by atoms with Crippen LogP contribution in [0.4, 0.5) is 22.0 Å². The van der Waals surface area contributed by atoms with Crippen LogP contribution in [0.5, 0.6) is 0 Å². The molecule has 0 aromatic rings. The van der Waals surface area contributed by atoms with E-state index in [0.29, 0.717) is 6.42 Å². The van der Waals surface area contributed by atoms with Crippen LogP contribution < -0.4 is 0 Å². The molecule has 0 atom stereocenters. The summed E-state index contributed by atoms with van der Waals surface area (Å²) in [6.07, 6.45) is 17.3. The number of unbranched alkanes of at least 4 members (excludes halogenated alkanes) is 14. The Hall–Kier alpha value is -1.66. The summed E-state index contributed by atoms with van der Waals surface area (Å²) < 4.78 is 69.7. The molecule has 0 saturated carbocycles. The van der Waals surface area contributed by atoms with Gasteiger partial charge in [0.15, 0.2) is 24.1 Å². The summed E-state index contributed by atoms with van der Waals surface area (Å²) in [4.78, 5) is 11.7. The zero-order chi connectivity index (χ0) is 24.2. The summed E-state index contributed by atoms with van der Waals surface area (Å²) in [5.41, 5.74) is 0. The normalized spacial score (nSPS) is 12.9. The number of alkyl halides is 1. The van der Waals surface area contributed by atoms with Gasteiger partial charge in [0.05, 0.1) is 0 Å². The van der Waals surface area contributed by atoms with Crippen LogP contribution in [0.25, 0.3) is 0 Å². The van der Waals surface area contributed by atoms with E-state index in [0.717, 1.165) is 25.7 Å². The van der Waals surface area contributed by atoms with Crippen LogP contribution >= 0.6 is 0 Å². The molecule has 0 aromatic carbocycles. The molecule has 0 aromatic heterocycles. The van der Waals surface area contributed by atoms with Crippen molar-refractivity contribution in [1.29, 1.82) is 0 Å². The van der Waals surface area contributed by atoms with E-state index in [9.17, 15) is 26.7 Å².